The Kier molecular flexibility index (Phi) is 3.45. The Balaban J connectivity index is 1.83. The number of aryl methyl sites for hydroxylation is 1. The first-order chi connectivity index (χ1) is 10.1. The number of carbonyl (C=O) groups is 1. The van der Waals surface area contributed by atoms with E-state index in [1.165, 1.54) is 0 Å². The lowest BCUT2D eigenvalue weighted by atomic mass is 9.94. The second kappa shape index (κ2) is 5.28. The van der Waals surface area contributed by atoms with E-state index < -0.39 is 0 Å². The molecule has 0 bridgehead atoms. The fourth-order valence-corrected chi connectivity index (χ4v) is 2.80. The van der Waals surface area contributed by atoms with Gasteiger partial charge in [0, 0.05) is 19.3 Å². The smallest absolute Gasteiger partial charge is 0.270 e. The molecule has 0 aliphatic carbocycles. The summed E-state index contributed by atoms with van der Waals surface area (Å²) in [5, 5.41) is 0. The first kappa shape index (κ1) is 13.7. The maximum atomic E-state index is 12.7. The number of nitrogens with zero attached hydrogens (tertiary/aromatic N) is 2. The third-order valence-electron chi connectivity index (χ3n) is 4.35. The van der Waals surface area contributed by atoms with Crippen molar-refractivity contribution in [1.82, 2.24) is 9.47 Å². The summed E-state index contributed by atoms with van der Waals surface area (Å²) in [7, 11) is 3.60. The van der Waals surface area contributed by atoms with Gasteiger partial charge in [-0.05, 0) is 43.2 Å². The van der Waals surface area contributed by atoms with Gasteiger partial charge in [-0.1, -0.05) is 12.1 Å². The van der Waals surface area contributed by atoms with E-state index in [0.717, 1.165) is 35.7 Å². The van der Waals surface area contributed by atoms with Crippen molar-refractivity contribution in [2.75, 3.05) is 13.7 Å². The third kappa shape index (κ3) is 2.31. The number of amides is 1. The highest BCUT2D eigenvalue weighted by molar-refractivity contribution is 5.93. The van der Waals surface area contributed by atoms with Crippen LogP contribution in [0, 0.1) is 6.92 Å². The molecule has 4 nitrogen and oxygen atoms in total. The monoisotopic (exact) mass is 284 g/mol. The molecule has 1 saturated heterocycles. The highest BCUT2D eigenvalue weighted by atomic mass is 16.5. The number of methoxy groups -OCH3 is 1. The normalized spacial score (nSPS) is 17.5. The van der Waals surface area contributed by atoms with Gasteiger partial charge in [0.2, 0.25) is 0 Å². The van der Waals surface area contributed by atoms with Gasteiger partial charge >= 0.3 is 0 Å². The van der Waals surface area contributed by atoms with Crippen LogP contribution >= 0.6 is 0 Å². The summed E-state index contributed by atoms with van der Waals surface area (Å²) in [5.41, 5.74) is 2.98. The van der Waals surface area contributed by atoms with Crippen molar-refractivity contribution in [2.24, 2.45) is 7.05 Å². The number of benzene rings is 1. The Bertz CT molecular complexity index is 675. The van der Waals surface area contributed by atoms with Gasteiger partial charge in [0.1, 0.15) is 11.4 Å². The van der Waals surface area contributed by atoms with E-state index in [-0.39, 0.29) is 11.9 Å². The summed E-state index contributed by atoms with van der Waals surface area (Å²) in [5.74, 6) is 0.936. The fraction of sp³-hybridized carbons (Fsp3) is 0.353. The lowest BCUT2D eigenvalue weighted by Crippen LogP contribution is -2.45. The van der Waals surface area contributed by atoms with E-state index >= 15 is 0 Å². The number of hydrogen-bond acceptors (Lipinski definition) is 2. The van der Waals surface area contributed by atoms with Crippen LogP contribution in [-0.4, -0.2) is 29.0 Å². The predicted octanol–water partition coefficient (Wildman–Crippen LogP) is 2.93. The lowest BCUT2D eigenvalue weighted by Gasteiger charge is -2.41. The second-order valence-electron chi connectivity index (χ2n) is 5.50. The van der Waals surface area contributed by atoms with Crippen LogP contribution in [0.3, 0.4) is 0 Å². The van der Waals surface area contributed by atoms with Crippen LogP contribution in [-0.2, 0) is 7.05 Å². The van der Waals surface area contributed by atoms with Gasteiger partial charge < -0.3 is 14.2 Å². The molecule has 2 heterocycles. The summed E-state index contributed by atoms with van der Waals surface area (Å²) < 4.78 is 7.22. The minimum atomic E-state index is 0.102. The molecule has 1 atom stereocenters. The molecule has 1 aromatic heterocycles. The first-order valence-electron chi connectivity index (χ1n) is 7.19. The number of carbonyl (C=O) groups excluding carboxylic acids is 1. The second-order valence-corrected chi connectivity index (χ2v) is 5.50. The van der Waals surface area contributed by atoms with Crippen molar-refractivity contribution in [3.63, 3.8) is 0 Å². The zero-order valence-electron chi connectivity index (χ0n) is 12.7. The van der Waals surface area contributed by atoms with Crippen LogP contribution in [0.4, 0.5) is 0 Å². The zero-order chi connectivity index (χ0) is 15.0. The van der Waals surface area contributed by atoms with Gasteiger partial charge in [0.05, 0.1) is 13.2 Å². The molecule has 0 N–H and O–H groups in total. The summed E-state index contributed by atoms with van der Waals surface area (Å²) in [6, 6.07) is 12.0. The molecule has 2 aromatic rings. The van der Waals surface area contributed by atoms with E-state index in [0.29, 0.717) is 0 Å². The average Bonchev–Trinajstić information content (AvgIpc) is 2.78. The Hall–Kier alpha value is -2.23. The SMILES string of the molecule is COc1cccc(C2CCN2C(=O)c2ccc(C)n2C)c1. The molecule has 21 heavy (non-hydrogen) atoms. The largest absolute Gasteiger partial charge is 0.497 e. The lowest BCUT2D eigenvalue weighted by molar-refractivity contribution is 0.0449. The van der Waals surface area contributed by atoms with E-state index in [4.69, 9.17) is 4.74 Å². The number of aromatic nitrogens is 1. The Morgan fingerprint density at radius 2 is 2.10 bits per heavy atom. The molecular formula is C17H20N2O2. The van der Waals surface area contributed by atoms with E-state index in [1.54, 1.807) is 7.11 Å². The maximum Gasteiger partial charge on any atom is 0.270 e. The number of likely N-dealkylation sites (tertiary alicyclic amines) is 1. The highest BCUT2D eigenvalue weighted by Crippen LogP contribution is 2.35. The summed E-state index contributed by atoms with van der Waals surface area (Å²) in [6.45, 7) is 2.82. The first-order valence-corrected chi connectivity index (χ1v) is 7.19. The van der Waals surface area contributed by atoms with Crippen LogP contribution < -0.4 is 4.74 Å². The molecule has 3 rings (SSSR count). The van der Waals surface area contributed by atoms with Gasteiger partial charge in [0.15, 0.2) is 0 Å². The molecule has 1 aliphatic rings. The fourth-order valence-electron chi connectivity index (χ4n) is 2.80. The molecular weight excluding hydrogens is 264 g/mol. The number of hydrogen-bond donors (Lipinski definition) is 0. The van der Waals surface area contributed by atoms with Gasteiger partial charge in [0.25, 0.3) is 5.91 Å². The number of ether oxygens (including phenoxy) is 1. The van der Waals surface area contributed by atoms with Gasteiger partial charge in [-0.15, -0.1) is 0 Å². The van der Waals surface area contributed by atoms with E-state index in [2.05, 4.69) is 6.07 Å². The highest BCUT2D eigenvalue weighted by Gasteiger charge is 2.34. The third-order valence-corrected chi connectivity index (χ3v) is 4.35. The minimum Gasteiger partial charge on any atom is -0.497 e. The van der Waals surface area contributed by atoms with Crippen LogP contribution in [0.15, 0.2) is 36.4 Å². The van der Waals surface area contributed by atoms with Crippen molar-refractivity contribution in [3.8, 4) is 5.75 Å². The summed E-state index contributed by atoms with van der Waals surface area (Å²) in [6.07, 6.45) is 1.00. The number of rotatable bonds is 3. The predicted molar refractivity (Wildman–Crippen MR) is 81.5 cm³/mol. The summed E-state index contributed by atoms with van der Waals surface area (Å²) >= 11 is 0. The van der Waals surface area contributed by atoms with Crippen LogP contribution in [0.5, 0.6) is 5.75 Å². The van der Waals surface area contributed by atoms with E-state index in [9.17, 15) is 4.79 Å². The van der Waals surface area contributed by atoms with Crippen molar-refractivity contribution in [3.05, 3.63) is 53.3 Å². The van der Waals surface area contributed by atoms with Crippen LogP contribution in [0.1, 0.15) is 34.2 Å². The molecule has 1 amide bonds. The molecule has 1 fully saturated rings. The zero-order valence-corrected chi connectivity index (χ0v) is 12.7. The van der Waals surface area contributed by atoms with Crippen molar-refractivity contribution >= 4 is 5.91 Å². The average molecular weight is 284 g/mol. The van der Waals surface area contributed by atoms with Gasteiger partial charge in [-0.3, -0.25) is 4.79 Å². The van der Waals surface area contributed by atoms with Crippen molar-refractivity contribution in [1.29, 1.82) is 0 Å². The molecule has 0 saturated carbocycles. The van der Waals surface area contributed by atoms with Crippen LogP contribution in [0.2, 0.25) is 0 Å². The quantitative estimate of drug-likeness (QED) is 0.868. The molecule has 1 aromatic carbocycles. The minimum absolute atomic E-state index is 0.102. The standard InChI is InChI=1S/C17H20N2O2/c1-12-7-8-16(18(12)2)17(20)19-10-9-15(19)13-5-4-6-14(11-13)21-3/h4-8,11,15H,9-10H2,1-3H3. The molecule has 0 spiro atoms. The molecule has 1 aliphatic heterocycles. The van der Waals surface area contributed by atoms with Gasteiger partial charge in [-0.2, -0.15) is 0 Å². The molecule has 1 unspecified atom stereocenters. The summed E-state index contributed by atoms with van der Waals surface area (Å²) in [4.78, 5) is 14.6. The molecule has 110 valence electrons. The van der Waals surface area contributed by atoms with Gasteiger partial charge in [-0.25, -0.2) is 0 Å². The van der Waals surface area contributed by atoms with Crippen molar-refractivity contribution < 1.29 is 9.53 Å². The maximum absolute atomic E-state index is 12.7. The Labute approximate surface area is 124 Å². The van der Waals surface area contributed by atoms with Crippen molar-refractivity contribution in [2.45, 2.75) is 19.4 Å². The van der Waals surface area contributed by atoms with E-state index in [1.807, 2.05) is 53.8 Å². The molecule has 4 heteroatoms. The van der Waals surface area contributed by atoms with Crippen LogP contribution in [0.25, 0.3) is 0 Å². The topological polar surface area (TPSA) is 34.5 Å². The Morgan fingerprint density at radius 1 is 1.29 bits per heavy atom. The Morgan fingerprint density at radius 3 is 2.67 bits per heavy atom. The molecule has 0 radical (unpaired) electrons.